The summed E-state index contributed by atoms with van der Waals surface area (Å²) in [5, 5.41) is 21.8. The molecule has 1 atom stereocenters. The smallest absolute Gasteiger partial charge is 0.287 e. The lowest BCUT2D eigenvalue weighted by Crippen LogP contribution is -2.76. The molecule has 36 heavy (non-hydrogen) atoms. The molecule has 1 heterocycles. The fourth-order valence-corrected chi connectivity index (χ4v) is 5.83. The molecule has 6 rings (SSSR count). The number of tetrazole rings is 1. The van der Waals surface area contributed by atoms with Crippen molar-refractivity contribution in [2.24, 2.45) is 5.41 Å². The Bertz CT molecular complexity index is 1200. The Balaban J connectivity index is 1.37. The Morgan fingerprint density at radius 2 is 1.78 bits per heavy atom. The minimum Gasteiger partial charge on any atom is -0.494 e. The van der Waals surface area contributed by atoms with E-state index in [0.717, 1.165) is 35.1 Å². The second-order valence-electron chi connectivity index (χ2n) is 9.88. The van der Waals surface area contributed by atoms with Crippen molar-refractivity contribution in [1.82, 2.24) is 20.2 Å². The summed E-state index contributed by atoms with van der Waals surface area (Å²) in [4.78, 5) is 0. The van der Waals surface area contributed by atoms with Gasteiger partial charge in [0.15, 0.2) is 5.60 Å². The number of nitrogens with zero attached hydrogens (tertiary/aromatic N) is 4. The molecule has 3 aliphatic rings. The third kappa shape index (κ3) is 3.76. The number of ether oxygens (including phenoxy) is 2. The van der Waals surface area contributed by atoms with Gasteiger partial charge in [-0.3, -0.25) is 0 Å². The third-order valence-electron chi connectivity index (χ3n) is 7.60. The van der Waals surface area contributed by atoms with Crippen LogP contribution >= 0.6 is 0 Å². The molecular weight excluding hydrogens is 480 g/mol. The molecule has 1 aromatic heterocycles. The van der Waals surface area contributed by atoms with Gasteiger partial charge in [0, 0.05) is 37.2 Å². The first-order chi connectivity index (χ1) is 17.1. The van der Waals surface area contributed by atoms with Gasteiger partial charge in [0.25, 0.3) is 5.92 Å². The van der Waals surface area contributed by atoms with Gasteiger partial charge in [-0.25, -0.2) is 22.2 Å². The van der Waals surface area contributed by atoms with Gasteiger partial charge in [-0.2, -0.15) is 0 Å². The molecule has 3 saturated carbocycles. The van der Waals surface area contributed by atoms with Crippen LogP contribution in [0.15, 0.2) is 48.8 Å². The zero-order chi connectivity index (χ0) is 25.6. The number of rotatable bonds is 11. The van der Waals surface area contributed by atoms with Crippen LogP contribution in [-0.4, -0.2) is 51.6 Å². The molecule has 2 aromatic carbocycles. The number of benzene rings is 2. The van der Waals surface area contributed by atoms with Crippen LogP contribution in [0.5, 0.6) is 5.75 Å². The number of halogens is 4. The zero-order valence-corrected chi connectivity index (χ0v) is 19.6. The van der Waals surface area contributed by atoms with Crippen molar-refractivity contribution in [3.05, 3.63) is 71.6 Å². The molecule has 7 nitrogen and oxygen atoms in total. The van der Waals surface area contributed by atoms with Gasteiger partial charge in [-0.1, -0.05) is 12.1 Å². The molecule has 1 unspecified atom stereocenters. The maximum absolute atomic E-state index is 16.2. The van der Waals surface area contributed by atoms with E-state index in [1.807, 2.05) is 24.3 Å². The van der Waals surface area contributed by atoms with Crippen LogP contribution in [-0.2, 0) is 22.3 Å². The predicted molar refractivity (Wildman–Crippen MR) is 119 cm³/mol. The minimum absolute atomic E-state index is 0.127. The Hall–Kier alpha value is -3.05. The lowest BCUT2D eigenvalue weighted by Gasteiger charge is -2.74. The van der Waals surface area contributed by atoms with E-state index in [1.165, 1.54) is 0 Å². The van der Waals surface area contributed by atoms with E-state index in [2.05, 4.69) is 15.5 Å². The van der Waals surface area contributed by atoms with Gasteiger partial charge in [-0.15, -0.1) is 5.10 Å². The second-order valence-corrected chi connectivity index (χ2v) is 9.88. The Labute approximate surface area is 205 Å². The van der Waals surface area contributed by atoms with Crippen molar-refractivity contribution < 1.29 is 32.1 Å². The standard InChI is InChI=1S/C25H26F4N4O3/c1-35-9-2-10-36-19-6-3-17(4-7-19)22-12-23(13-22,14-22)25(28,29)24(34,15-33-16-30-31-32-33)20-8-5-18(26)11-21(20)27/h3-8,11,16,34H,2,9-10,12-15H2,1H3. The molecule has 192 valence electrons. The highest BCUT2D eigenvalue weighted by molar-refractivity contribution is 5.44. The number of alkyl halides is 2. The lowest BCUT2D eigenvalue weighted by atomic mass is 9.30. The van der Waals surface area contributed by atoms with Crippen molar-refractivity contribution in [3.63, 3.8) is 0 Å². The van der Waals surface area contributed by atoms with Gasteiger partial charge in [-0.05, 0) is 64.9 Å². The Morgan fingerprint density at radius 3 is 2.39 bits per heavy atom. The molecule has 0 spiro atoms. The van der Waals surface area contributed by atoms with Crippen molar-refractivity contribution in [1.29, 1.82) is 0 Å². The SMILES string of the molecule is COCCCOc1ccc(C23CC(C(F)(F)C(O)(Cn4cnnn4)c4ccc(F)cc4F)(C2)C3)cc1. The minimum atomic E-state index is -3.75. The molecular formula is C25H26F4N4O3. The number of aromatic nitrogens is 4. The van der Waals surface area contributed by atoms with Crippen LogP contribution in [0.3, 0.4) is 0 Å². The summed E-state index contributed by atoms with van der Waals surface area (Å²) in [5.74, 6) is -5.26. The molecule has 0 aliphatic heterocycles. The highest BCUT2D eigenvalue weighted by Gasteiger charge is 2.82. The monoisotopic (exact) mass is 506 g/mol. The molecule has 0 radical (unpaired) electrons. The molecule has 3 aliphatic carbocycles. The Morgan fingerprint density at radius 1 is 1.06 bits per heavy atom. The normalized spacial score (nSPS) is 24.5. The molecule has 1 N–H and O–H groups in total. The predicted octanol–water partition coefficient (Wildman–Crippen LogP) is 4.01. The van der Waals surface area contributed by atoms with Crippen molar-refractivity contribution in [3.8, 4) is 5.75 Å². The van der Waals surface area contributed by atoms with Crippen molar-refractivity contribution in [2.75, 3.05) is 20.3 Å². The first-order valence-electron chi connectivity index (χ1n) is 11.6. The summed E-state index contributed by atoms with van der Waals surface area (Å²) in [6.45, 7) is 0.311. The zero-order valence-electron chi connectivity index (χ0n) is 19.6. The highest BCUT2D eigenvalue weighted by atomic mass is 19.3. The summed E-state index contributed by atoms with van der Waals surface area (Å²) in [5.41, 5.74) is -4.74. The number of hydrogen-bond donors (Lipinski definition) is 1. The molecule has 3 aromatic rings. The molecule has 11 heteroatoms. The van der Waals surface area contributed by atoms with Crippen LogP contribution in [0.25, 0.3) is 0 Å². The lowest BCUT2D eigenvalue weighted by molar-refractivity contribution is -0.347. The quantitative estimate of drug-likeness (QED) is 0.313. The molecule has 2 bridgehead atoms. The number of methoxy groups -OCH3 is 1. The first kappa shape index (κ1) is 24.6. The van der Waals surface area contributed by atoms with E-state index in [1.54, 1.807) is 7.11 Å². The average Bonchev–Trinajstić information content (AvgIpc) is 3.28. The average molecular weight is 507 g/mol. The van der Waals surface area contributed by atoms with Crippen LogP contribution in [0, 0.1) is 17.0 Å². The van der Waals surface area contributed by atoms with Gasteiger partial charge in [0.2, 0.25) is 0 Å². The van der Waals surface area contributed by atoms with Crippen molar-refractivity contribution >= 4 is 0 Å². The van der Waals surface area contributed by atoms with Crippen LogP contribution in [0.1, 0.15) is 36.8 Å². The van der Waals surface area contributed by atoms with E-state index in [4.69, 9.17) is 9.47 Å². The summed E-state index contributed by atoms with van der Waals surface area (Å²) in [6, 6.07) is 9.57. The Kier molecular flexibility index (Phi) is 6.03. The molecule has 0 amide bonds. The van der Waals surface area contributed by atoms with Crippen molar-refractivity contribution in [2.45, 2.75) is 49.2 Å². The molecule has 3 fully saturated rings. The van der Waals surface area contributed by atoms with E-state index in [-0.39, 0.29) is 19.3 Å². The summed E-state index contributed by atoms with van der Waals surface area (Å²) in [7, 11) is 1.62. The first-order valence-corrected chi connectivity index (χ1v) is 11.6. The number of hydrogen-bond acceptors (Lipinski definition) is 6. The van der Waals surface area contributed by atoms with Gasteiger partial charge in [0.05, 0.1) is 13.2 Å². The number of aliphatic hydroxyl groups is 1. The maximum atomic E-state index is 16.2. The highest BCUT2D eigenvalue weighted by Crippen LogP contribution is 2.80. The summed E-state index contributed by atoms with van der Waals surface area (Å²) < 4.78 is 72.3. The van der Waals surface area contributed by atoms with Crippen LogP contribution < -0.4 is 4.74 Å². The van der Waals surface area contributed by atoms with Gasteiger partial charge < -0.3 is 14.6 Å². The summed E-state index contributed by atoms with van der Waals surface area (Å²) in [6.07, 6.45) is 2.19. The fourth-order valence-electron chi connectivity index (χ4n) is 5.83. The maximum Gasteiger partial charge on any atom is 0.287 e. The van der Waals surface area contributed by atoms with Gasteiger partial charge >= 0.3 is 0 Å². The van der Waals surface area contributed by atoms with E-state index >= 15 is 8.78 Å². The van der Waals surface area contributed by atoms with E-state index < -0.39 is 46.1 Å². The summed E-state index contributed by atoms with van der Waals surface area (Å²) >= 11 is 0. The van der Waals surface area contributed by atoms with E-state index in [0.29, 0.717) is 25.0 Å². The van der Waals surface area contributed by atoms with Crippen LogP contribution in [0.4, 0.5) is 17.6 Å². The van der Waals surface area contributed by atoms with Crippen LogP contribution in [0.2, 0.25) is 0 Å². The van der Waals surface area contributed by atoms with E-state index in [9.17, 15) is 13.9 Å². The fraction of sp³-hybridized carbons (Fsp3) is 0.480. The molecule has 0 saturated heterocycles. The largest absolute Gasteiger partial charge is 0.494 e. The van der Waals surface area contributed by atoms with Gasteiger partial charge in [0.1, 0.15) is 23.7 Å². The topological polar surface area (TPSA) is 82.3 Å². The third-order valence-corrected chi connectivity index (χ3v) is 7.60. The second kappa shape index (κ2) is 8.81.